The zero-order valence-electron chi connectivity index (χ0n) is 10.1. The van der Waals surface area contributed by atoms with E-state index < -0.39 is 11.9 Å². The lowest BCUT2D eigenvalue weighted by molar-refractivity contribution is 0.604. The van der Waals surface area contributed by atoms with Gasteiger partial charge in [0.25, 0.3) is 0 Å². The van der Waals surface area contributed by atoms with Crippen LogP contribution in [0.2, 0.25) is 5.02 Å². The highest BCUT2D eigenvalue weighted by atomic mass is 35.5. The van der Waals surface area contributed by atoms with Crippen molar-refractivity contribution in [3.8, 4) is 6.07 Å². The summed E-state index contributed by atoms with van der Waals surface area (Å²) in [6.45, 7) is 0.535. The third-order valence-corrected chi connectivity index (χ3v) is 2.92. The summed E-state index contributed by atoms with van der Waals surface area (Å²) < 4.78 is 13.3. The zero-order valence-corrected chi connectivity index (χ0v) is 10.9. The molecule has 0 spiro atoms. The van der Waals surface area contributed by atoms with Gasteiger partial charge in [0.05, 0.1) is 6.07 Å². The van der Waals surface area contributed by atoms with Gasteiger partial charge in [0.2, 0.25) is 0 Å². The Labute approximate surface area is 116 Å². The van der Waals surface area contributed by atoms with E-state index in [4.69, 9.17) is 16.9 Å². The third-order valence-electron chi connectivity index (χ3n) is 2.70. The minimum atomic E-state index is -0.589. The van der Waals surface area contributed by atoms with E-state index in [2.05, 4.69) is 11.4 Å². The van der Waals surface area contributed by atoms with E-state index in [0.29, 0.717) is 12.1 Å². The normalized spacial score (nSPS) is 11.8. The van der Waals surface area contributed by atoms with E-state index in [1.54, 1.807) is 6.07 Å². The monoisotopic (exact) mass is 274 g/mol. The maximum atomic E-state index is 13.3. The Kier molecular flexibility index (Phi) is 4.51. The number of nitrogens with zero attached hydrogens (tertiary/aromatic N) is 1. The minimum Gasteiger partial charge on any atom is -0.294 e. The molecule has 0 aliphatic rings. The van der Waals surface area contributed by atoms with Crippen LogP contribution in [0, 0.1) is 17.1 Å². The Morgan fingerprint density at radius 1 is 1.21 bits per heavy atom. The van der Waals surface area contributed by atoms with Crippen LogP contribution < -0.4 is 5.32 Å². The summed E-state index contributed by atoms with van der Waals surface area (Å²) in [6, 6.07) is 15.3. The second kappa shape index (κ2) is 6.33. The van der Waals surface area contributed by atoms with Crippen LogP contribution in [0.25, 0.3) is 0 Å². The van der Waals surface area contributed by atoms with E-state index in [1.807, 2.05) is 30.3 Å². The Morgan fingerprint density at radius 2 is 1.95 bits per heavy atom. The summed E-state index contributed by atoms with van der Waals surface area (Å²) in [4.78, 5) is 0. The Balaban J connectivity index is 2.10. The van der Waals surface area contributed by atoms with Crippen LogP contribution in [-0.4, -0.2) is 0 Å². The van der Waals surface area contributed by atoms with Crippen LogP contribution >= 0.6 is 11.6 Å². The lowest BCUT2D eigenvalue weighted by Gasteiger charge is -2.12. The number of hydrogen-bond donors (Lipinski definition) is 1. The molecule has 96 valence electrons. The molecular weight excluding hydrogens is 263 g/mol. The van der Waals surface area contributed by atoms with Crippen molar-refractivity contribution in [2.24, 2.45) is 0 Å². The molecule has 1 unspecified atom stereocenters. The van der Waals surface area contributed by atoms with Crippen LogP contribution in [0.3, 0.4) is 0 Å². The summed E-state index contributed by atoms with van der Waals surface area (Å²) in [7, 11) is 0. The maximum Gasteiger partial charge on any atom is 0.125 e. The molecular formula is C15H12ClFN2. The second-order valence-electron chi connectivity index (χ2n) is 4.13. The van der Waals surface area contributed by atoms with Crippen molar-refractivity contribution in [1.82, 2.24) is 5.32 Å². The van der Waals surface area contributed by atoms with E-state index in [-0.39, 0.29) is 5.02 Å². The average molecular weight is 275 g/mol. The third kappa shape index (κ3) is 3.78. The predicted octanol–water partition coefficient (Wildman–Crippen LogP) is 3.83. The highest BCUT2D eigenvalue weighted by Crippen LogP contribution is 2.20. The van der Waals surface area contributed by atoms with Gasteiger partial charge in [-0.2, -0.15) is 5.26 Å². The fraction of sp³-hybridized carbons (Fsp3) is 0.133. The zero-order chi connectivity index (χ0) is 13.7. The van der Waals surface area contributed by atoms with Gasteiger partial charge in [0.1, 0.15) is 11.9 Å². The summed E-state index contributed by atoms with van der Waals surface area (Å²) in [5.41, 5.74) is 1.59. The quantitative estimate of drug-likeness (QED) is 0.920. The standard InChI is InChI=1S/C15H12ClFN2/c16-13-6-12(7-14(17)8-13)15(9-18)19-10-11-4-2-1-3-5-11/h1-8,15,19H,10H2. The predicted molar refractivity (Wildman–Crippen MR) is 73.0 cm³/mol. The molecule has 0 radical (unpaired) electrons. The second-order valence-corrected chi connectivity index (χ2v) is 4.57. The van der Waals surface area contributed by atoms with Crippen LogP contribution in [0.5, 0.6) is 0 Å². The lowest BCUT2D eigenvalue weighted by Crippen LogP contribution is -2.19. The molecule has 2 rings (SSSR count). The summed E-state index contributed by atoms with van der Waals surface area (Å²) in [6.07, 6.45) is 0. The van der Waals surface area contributed by atoms with Gasteiger partial charge in [-0.15, -0.1) is 0 Å². The molecule has 0 saturated carbocycles. The van der Waals surface area contributed by atoms with Crippen molar-refractivity contribution < 1.29 is 4.39 Å². The van der Waals surface area contributed by atoms with Crippen molar-refractivity contribution in [3.05, 3.63) is 70.5 Å². The highest BCUT2D eigenvalue weighted by Gasteiger charge is 2.11. The van der Waals surface area contributed by atoms with Gasteiger partial charge < -0.3 is 0 Å². The van der Waals surface area contributed by atoms with Crippen molar-refractivity contribution in [3.63, 3.8) is 0 Å². The van der Waals surface area contributed by atoms with Gasteiger partial charge >= 0.3 is 0 Å². The molecule has 0 amide bonds. The summed E-state index contributed by atoms with van der Waals surface area (Å²) in [5.74, 6) is -0.440. The molecule has 0 saturated heterocycles. The Morgan fingerprint density at radius 3 is 2.58 bits per heavy atom. The molecule has 2 nitrogen and oxygen atoms in total. The number of halogens is 2. The first-order valence-corrected chi connectivity index (χ1v) is 6.20. The van der Waals surface area contributed by atoms with Gasteiger partial charge in [-0.1, -0.05) is 41.9 Å². The molecule has 2 aromatic carbocycles. The fourth-order valence-electron chi connectivity index (χ4n) is 1.80. The number of benzene rings is 2. The largest absolute Gasteiger partial charge is 0.294 e. The number of rotatable bonds is 4. The molecule has 2 aromatic rings. The molecule has 1 atom stereocenters. The van der Waals surface area contributed by atoms with Crippen molar-refractivity contribution >= 4 is 11.6 Å². The molecule has 0 aliphatic heterocycles. The van der Waals surface area contributed by atoms with Gasteiger partial charge in [-0.25, -0.2) is 4.39 Å². The van der Waals surface area contributed by atoms with E-state index in [1.165, 1.54) is 12.1 Å². The molecule has 1 N–H and O–H groups in total. The number of nitriles is 1. The maximum absolute atomic E-state index is 13.3. The van der Waals surface area contributed by atoms with Crippen LogP contribution in [-0.2, 0) is 6.54 Å². The number of nitrogens with one attached hydrogen (secondary N) is 1. The molecule has 0 fully saturated rings. The van der Waals surface area contributed by atoms with E-state index in [0.717, 1.165) is 5.56 Å². The Hall–Kier alpha value is -1.89. The van der Waals surface area contributed by atoms with Gasteiger partial charge in [0.15, 0.2) is 0 Å². The smallest absolute Gasteiger partial charge is 0.125 e. The van der Waals surface area contributed by atoms with Crippen molar-refractivity contribution in [2.45, 2.75) is 12.6 Å². The van der Waals surface area contributed by atoms with Gasteiger partial charge in [-0.3, -0.25) is 5.32 Å². The fourth-order valence-corrected chi connectivity index (χ4v) is 2.03. The topological polar surface area (TPSA) is 35.8 Å². The van der Waals surface area contributed by atoms with Crippen LogP contribution in [0.4, 0.5) is 4.39 Å². The highest BCUT2D eigenvalue weighted by molar-refractivity contribution is 6.30. The van der Waals surface area contributed by atoms with Gasteiger partial charge in [0, 0.05) is 11.6 Å². The summed E-state index contributed by atoms with van der Waals surface area (Å²) >= 11 is 5.79. The van der Waals surface area contributed by atoms with Crippen molar-refractivity contribution in [1.29, 1.82) is 5.26 Å². The average Bonchev–Trinajstić information content (AvgIpc) is 2.39. The SMILES string of the molecule is N#CC(NCc1ccccc1)c1cc(F)cc(Cl)c1. The molecule has 0 aliphatic carbocycles. The number of hydrogen-bond acceptors (Lipinski definition) is 2. The van der Waals surface area contributed by atoms with Crippen LogP contribution in [0.1, 0.15) is 17.2 Å². The van der Waals surface area contributed by atoms with E-state index in [9.17, 15) is 4.39 Å². The molecule has 0 aromatic heterocycles. The first kappa shape index (κ1) is 13.5. The molecule has 0 heterocycles. The lowest BCUT2D eigenvalue weighted by atomic mass is 10.1. The molecule has 19 heavy (non-hydrogen) atoms. The minimum absolute atomic E-state index is 0.289. The van der Waals surface area contributed by atoms with Crippen LogP contribution in [0.15, 0.2) is 48.5 Å². The van der Waals surface area contributed by atoms with Gasteiger partial charge in [-0.05, 0) is 29.3 Å². The van der Waals surface area contributed by atoms with Crippen molar-refractivity contribution in [2.75, 3.05) is 0 Å². The molecule has 4 heteroatoms. The first-order valence-electron chi connectivity index (χ1n) is 5.82. The van der Waals surface area contributed by atoms with E-state index >= 15 is 0 Å². The summed E-state index contributed by atoms with van der Waals surface area (Å²) in [5, 5.41) is 12.5. The first-order chi connectivity index (χ1) is 9.19. The Bertz CT molecular complexity index is 573. The molecule has 0 bridgehead atoms.